The van der Waals surface area contributed by atoms with Gasteiger partial charge in [-0.2, -0.15) is 13.2 Å². The molecule has 0 atom stereocenters. The first-order valence-electron chi connectivity index (χ1n) is 9.05. The molecule has 150 valence electrons. The number of carbonyl (C=O) groups excluding carboxylic acids is 2. The fraction of sp³-hybridized carbons (Fsp3) is 0.421. The van der Waals surface area contributed by atoms with E-state index in [1.807, 2.05) is 13.8 Å². The number of halogens is 3. The maximum absolute atomic E-state index is 12.9. The van der Waals surface area contributed by atoms with Crippen molar-refractivity contribution in [3.63, 3.8) is 0 Å². The summed E-state index contributed by atoms with van der Waals surface area (Å²) in [6.45, 7) is 4.21. The van der Waals surface area contributed by atoms with E-state index in [-0.39, 0.29) is 29.2 Å². The van der Waals surface area contributed by atoms with Crippen LogP contribution in [0.2, 0.25) is 0 Å². The Kier molecular flexibility index (Phi) is 5.44. The first-order chi connectivity index (χ1) is 13.2. The van der Waals surface area contributed by atoms with E-state index in [4.69, 9.17) is 0 Å². The summed E-state index contributed by atoms with van der Waals surface area (Å²) in [5, 5.41) is 5.22. The predicted molar refractivity (Wildman–Crippen MR) is 97.2 cm³/mol. The molecule has 2 N–H and O–H groups in total. The molecule has 0 saturated carbocycles. The molecule has 6 nitrogen and oxygen atoms in total. The van der Waals surface area contributed by atoms with Crippen LogP contribution in [0.1, 0.15) is 59.1 Å². The number of hydrogen-bond donors (Lipinski definition) is 2. The van der Waals surface area contributed by atoms with Crippen LogP contribution in [0.15, 0.2) is 24.3 Å². The maximum Gasteiger partial charge on any atom is 0.416 e. The summed E-state index contributed by atoms with van der Waals surface area (Å²) in [6.07, 6.45) is -2.22. The molecule has 1 aliphatic rings. The second-order valence-electron chi connectivity index (χ2n) is 7.00. The number of benzene rings is 1. The number of anilines is 1. The Morgan fingerprint density at radius 1 is 1.18 bits per heavy atom. The molecule has 0 fully saturated rings. The Balaban J connectivity index is 1.90. The van der Waals surface area contributed by atoms with Crippen LogP contribution in [0.3, 0.4) is 0 Å². The number of fused-ring (bicyclic) bond motifs is 1. The molecule has 0 saturated heterocycles. The molecular formula is C19H21F3N4O2. The Bertz CT molecular complexity index is 903. The predicted octanol–water partition coefficient (Wildman–Crippen LogP) is 3.63. The fourth-order valence-corrected chi connectivity index (χ4v) is 3.19. The summed E-state index contributed by atoms with van der Waals surface area (Å²) in [6, 6.07) is 4.31. The summed E-state index contributed by atoms with van der Waals surface area (Å²) in [5.41, 5.74) is -0.129. The molecule has 1 aliphatic heterocycles. The van der Waals surface area contributed by atoms with Crippen LogP contribution in [0, 0.1) is 0 Å². The number of hydrogen-bond acceptors (Lipinski definition) is 3. The van der Waals surface area contributed by atoms with Crippen LogP contribution in [0.4, 0.5) is 18.9 Å². The Hall–Kier alpha value is -2.84. The monoisotopic (exact) mass is 394 g/mol. The lowest BCUT2D eigenvalue weighted by Crippen LogP contribution is -2.33. The largest absolute Gasteiger partial charge is 0.416 e. The second-order valence-corrected chi connectivity index (χ2v) is 7.00. The molecular weight excluding hydrogens is 373 g/mol. The number of nitrogens with zero attached hydrogens (tertiary/aromatic N) is 2. The lowest BCUT2D eigenvalue weighted by molar-refractivity contribution is -0.137. The van der Waals surface area contributed by atoms with Crippen LogP contribution in [0.5, 0.6) is 0 Å². The Morgan fingerprint density at radius 2 is 1.93 bits per heavy atom. The van der Waals surface area contributed by atoms with Crippen molar-refractivity contribution in [3.8, 4) is 0 Å². The van der Waals surface area contributed by atoms with E-state index in [1.54, 1.807) is 4.57 Å². The van der Waals surface area contributed by atoms with Gasteiger partial charge in [-0.1, -0.05) is 6.07 Å². The van der Waals surface area contributed by atoms with Crippen LogP contribution >= 0.6 is 0 Å². The second kappa shape index (κ2) is 7.65. The van der Waals surface area contributed by atoms with Gasteiger partial charge in [0.2, 0.25) is 0 Å². The van der Waals surface area contributed by atoms with Crippen molar-refractivity contribution in [1.29, 1.82) is 0 Å². The zero-order valence-electron chi connectivity index (χ0n) is 15.6. The van der Waals surface area contributed by atoms with Gasteiger partial charge in [0.25, 0.3) is 11.8 Å². The van der Waals surface area contributed by atoms with E-state index in [0.29, 0.717) is 18.7 Å². The standard InChI is InChI=1S/C19H21F3N4O2/c1-11(2)23-18(28)16-25-15(14-8-3-4-9-26(14)16)17(27)24-13-7-5-6-12(10-13)19(20,21)22/h5-7,10-11H,3-4,8-9H2,1-2H3,(H,23,28)(H,24,27). The number of carbonyl (C=O) groups is 2. The van der Waals surface area contributed by atoms with Gasteiger partial charge in [-0.25, -0.2) is 4.98 Å². The van der Waals surface area contributed by atoms with Gasteiger partial charge < -0.3 is 15.2 Å². The average molecular weight is 394 g/mol. The highest BCUT2D eigenvalue weighted by Gasteiger charge is 2.31. The van der Waals surface area contributed by atoms with Crippen LogP contribution in [-0.4, -0.2) is 27.4 Å². The zero-order valence-corrected chi connectivity index (χ0v) is 15.6. The van der Waals surface area contributed by atoms with E-state index in [0.717, 1.165) is 25.0 Å². The molecule has 2 heterocycles. The highest BCUT2D eigenvalue weighted by molar-refractivity contribution is 6.05. The first-order valence-corrected chi connectivity index (χ1v) is 9.05. The van der Waals surface area contributed by atoms with Gasteiger partial charge >= 0.3 is 6.18 Å². The van der Waals surface area contributed by atoms with Crippen molar-refractivity contribution < 1.29 is 22.8 Å². The fourth-order valence-electron chi connectivity index (χ4n) is 3.19. The normalized spacial score (nSPS) is 13.9. The molecule has 2 amide bonds. The van der Waals surface area contributed by atoms with Gasteiger partial charge in [0, 0.05) is 18.3 Å². The minimum atomic E-state index is -4.50. The van der Waals surface area contributed by atoms with Crippen molar-refractivity contribution in [2.75, 3.05) is 5.32 Å². The van der Waals surface area contributed by atoms with Gasteiger partial charge in [0.1, 0.15) is 0 Å². The number of amides is 2. The van der Waals surface area contributed by atoms with Crippen molar-refractivity contribution in [2.45, 2.75) is 51.9 Å². The summed E-state index contributed by atoms with van der Waals surface area (Å²) in [5.74, 6) is -0.859. The molecule has 2 aromatic rings. The summed E-state index contributed by atoms with van der Waals surface area (Å²) >= 11 is 0. The number of aromatic nitrogens is 2. The third kappa shape index (κ3) is 4.18. The van der Waals surface area contributed by atoms with E-state index in [9.17, 15) is 22.8 Å². The summed E-state index contributed by atoms with van der Waals surface area (Å²) in [7, 11) is 0. The zero-order chi connectivity index (χ0) is 20.5. The van der Waals surface area contributed by atoms with Crippen LogP contribution in [-0.2, 0) is 19.1 Å². The van der Waals surface area contributed by atoms with Crippen molar-refractivity contribution in [3.05, 3.63) is 47.0 Å². The van der Waals surface area contributed by atoms with E-state index >= 15 is 0 Å². The SMILES string of the molecule is CC(C)NC(=O)c1nc(C(=O)Nc2cccc(C(F)(F)F)c2)c2n1CCCC2. The molecule has 0 radical (unpaired) electrons. The smallest absolute Gasteiger partial charge is 0.347 e. The molecule has 3 rings (SSSR count). The quantitative estimate of drug-likeness (QED) is 0.832. The Morgan fingerprint density at radius 3 is 2.61 bits per heavy atom. The highest BCUT2D eigenvalue weighted by Crippen LogP contribution is 2.31. The lowest BCUT2D eigenvalue weighted by atomic mass is 10.1. The van der Waals surface area contributed by atoms with Gasteiger partial charge in [0.15, 0.2) is 11.5 Å². The number of alkyl halides is 3. The van der Waals surface area contributed by atoms with Gasteiger partial charge in [-0.3, -0.25) is 9.59 Å². The number of nitrogens with one attached hydrogen (secondary N) is 2. The number of imidazole rings is 1. The van der Waals surface area contributed by atoms with Crippen molar-refractivity contribution >= 4 is 17.5 Å². The van der Waals surface area contributed by atoms with Gasteiger partial charge in [-0.15, -0.1) is 0 Å². The topological polar surface area (TPSA) is 76.0 Å². The summed E-state index contributed by atoms with van der Waals surface area (Å²) < 4.78 is 40.4. The van der Waals surface area contributed by atoms with E-state index in [1.165, 1.54) is 12.1 Å². The molecule has 1 aromatic heterocycles. The van der Waals surface area contributed by atoms with Crippen LogP contribution in [0.25, 0.3) is 0 Å². The maximum atomic E-state index is 12.9. The molecule has 9 heteroatoms. The lowest BCUT2D eigenvalue weighted by Gasteiger charge is -2.17. The van der Waals surface area contributed by atoms with Gasteiger partial charge in [0.05, 0.1) is 11.3 Å². The van der Waals surface area contributed by atoms with Crippen molar-refractivity contribution in [1.82, 2.24) is 14.9 Å². The van der Waals surface area contributed by atoms with Gasteiger partial charge in [-0.05, 0) is 51.3 Å². The molecule has 0 unspecified atom stereocenters. The summed E-state index contributed by atoms with van der Waals surface area (Å²) in [4.78, 5) is 29.4. The highest BCUT2D eigenvalue weighted by atomic mass is 19.4. The molecule has 0 bridgehead atoms. The first kappa shape index (κ1) is 19.9. The average Bonchev–Trinajstić information content (AvgIpc) is 3.00. The third-order valence-corrected chi connectivity index (χ3v) is 4.40. The van der Waals surface area contributed by atoms with Crippen molar-refractivity contribution in [2.24, 2.45) is 0 Å². The third-order valence-electron chi connectivity index (χ3n) is 4.40. The minimum Gasteiger partial charge on any atom is -0.347 e. The van der Waals surface area contributed by atoms with E-state index < -0.39 is 17.6 Å². The molecule has 0 spiro atoms. The Labute approximate surface area is 160 Å². The minimum absolute atomic E-state index is 0.0190. The molecule has 0 aliphatic carbocycles. The molecule has 28 heavy (non-hydrogen) atoms. The van der Waals surface area contributed by atoms with E-state index in [2.05, 4.69) is 15.6 Å². The van der Waals surface area contributed by atoms with Crippen LogP contribution < -0.4 is 10.6 Å². The number of rotatable bonds is 4. The molecule has 1 aromatic carbocycles.